The van der Waals surface area contributed by atoms with E-state index in [1.807, 2.05) is 0 Å². The minimum Gasteiger partial charge on any atom is -0.456 e. The first-order valence-electron chi connectivity index (χ1n) is 5.36. The van der Waals surface area contributed by atoms with E-state index >= 15 is 0 Å². The number of hydrogen-bond donors (Lipinski definition) is 1. The molecule has 0 saturated carbocycles. The van der Waals surface area contributed by atoms with Crippen molar-refractivity contribution >= 4 is 35.1 Å². The molecular weight excluding hydrogens is 513 g/mol. The number of anilines is 1. The van der Waals surface area contributed by atoms with Gasteiger partial charge in [0, 0.05) is 26.0 Å². The molecule has 0 radical (unpaired) electrons. The van der Waals surface area contributed by atoms with Crippen LogP contribution in [0.3, 0.4) is 0 Å². The van der Waals surface area contributed by atoms with Crippen molar-refractivity contribution in [3.8, 4) is 5.75 Å². The third-order valence-corrected chi connectivity index (χ3v) is 2.90. The molecule has 0 bridgehead atoms. The number of rotatable bonds is 4. The van der Waals surface area contributed by atoms with Gasteiger partial charge < -0.3 is 15.6 Å². The normalized spacial score (nSPS) is 10.7. The standard InChI is InChI=1S/C11H7ClF3N4OS.W/c12-8-5-9(18-10(16)17-8)19-20-6-2-1-3-7(4-6)21-11(13,14)15;/h1-5H,(H2-,16,17,18,19);/q-1;. The maximum atomic E-state index is 12.3. The Morgan fingerprint density at radius 2 is 1.95 bits per heavy atom. The second-order valence-corrected chi connectivity index (χ2v) is 5.14. The molecule has 0 saturated heterocycles. The number of aromatic nitrogens is 2. The van der Waals surface area contributed by atoms with Gasteiger partial charge in [0.25, 0.3) is 0 Å². The van der Waals surface area contributed by atoms with Gasteiger partial charge in [-0.1, -0.05) is 17.7 Å². The molecule has 0 amide bonds. The van der Waals surface area contributed by atoms with Crippen LogP contribution in [0.2, 0.25) is 5.15 Å². The van der Waals surface area contributed by atoms with Crippen molar-refractivity contribution in [3.05, 3.63) is 41.0 Å². The van der Waals surface area contributed by atoms with Gasteiger partial charge in [-0.15, -0.1) is 0 Å². The average molecular weight is 520 g/mol. The fourth-order valence-corrected chi connectivity index (χ4v) is 2.07. The fraction of sp³-hybridized carbons (Fsp3) is 0.0909. The average Bonchev–Trinajstić information content (AvgIpc) is 2.33. The minimum atomic E-state index is -4.37. The van der Waals surface area contributed by atoms with E-state index in [1.54, 1.807) is 0 Å². The van der Waals surface area contributed by atoms with Crippen molar-refractivity contribution < 1.29 is 39.1 Å². The minimum absolute atomic E-state index is 0. The predicted molar refractivity (Wildman–Crippen MR) is 73.5 cm³/mol. The van der Waals surface area contributed by atoms with Gasteiger partial charge in [0.1, 0.15) is 16.9 Å². The van der Waals surface area contributed by atoms with E-state index in [0.29, 0.717) is 0 Å². The summed E-state index contributed by atoms with van der Waals surface area (Å²) in [7, 11) is 0. The van der Waals surface area contributed by atoms with E-state index < -0.39 is 5.51 Å². The first kappa shape index (κ1) is 18.9. The molecule has 0 aliphatic heterocycles. The fourth-order valence-electron chi connectivity index (χ4n) is 1.30. The summed E-state index contributed by atoms with van der Waals surface area (Å²) in [6, 6.07) is 6.68. The molecule has 11 heteroatoms. The van der Waals surface area contributed by atoms with Crippen molar-refractivity contribution in [3.63, 3.8) is 0 Å². The number of nitrogen functional groups attached to an aromatic ring is 1. The first-order valence-corrected chi connectivity index (χ1v) is 6.55. The molecule has 2 rings (SSSR count). The van der Waals surface area contributed by atoms with Crippen LogP contribution in [-0.2, 0) is 21.1 Å². The Kier molecular flexibility index (Phi) is 6.77. The van der Waals surface area contributed by atoms with E-state index in [9.17, 15) is 13.2 Å². The Bertz CT molecular complexity index is 627. The van der Waals surface area contributed by atoms with Crippen LogP contribution in [0.25, 0.3) is 5.48 Å². The van der Waals surface area contributed by atoms with Crippen LogP contribution in [0.4, 0.5) is 24.9 Å². The van der Waals surface area contributed by atoms with Gasteiger partial charge in [-0.2, -0.15) is 13.2 Å². The second-order valence-electron chi connectivity index (χ2n) is 3.61. The molecule has 0 aliphatic rings. The SMILES string of the molecule is Nc1nc(Cl)cc([N-]Oc2cccc(SC(F)(F)F)c2)n1.[W]. The monoisotopic (exact) mass is 519 g/mol. The molecule has 118 valence electrons. The number of hydrogen-bond acceptors (Lipinski definition) is 5. The Labute approximate surface area is 147 Å². The quantitative estimate of drug-likeness (QED) is 0.370. The number of nitrogens with zero attached hydrogens (tertiary/aromatic N) is 3. The van der Waals surface area contributed by atoms with Crippen LogP contribution in [-0.4, -0.2) is 15.5 Å². The molecule has 0 atom stereocenters. The van der Waals surface area contributed by atoms with Crippen LogP contribution < -0.4 is 10.6 Å². The van der Waals surface area contributed by atoms with Gasteiger partial charge in [0.2, 0.25) is 0 Å². The smallest absolute Gasteiger partial charge is 0.446 e. The van der Waals surface area contributed by atoms with Crippen molar-refractivity contribution in [1.82, 2.24) is 9.97 Å². The van der Waals surface area contributed by atoms with E-state index in [4.69, 9.17) is 22.2 Å². The van der Waals surface area contributed by atoms with Gasteiger partial charge in [-0.25, -0.2) is 4.98 Å². The summed E-state index contributed by atoms with van der Waals surface area (Å²) in [4.78, 5) is 12.3. The predicted octanol–water partition coefficient (Wildman–Crippen LogP) is 4.32. The van der Waals surface area contributed by atoms with Crippen LogP contribution >= 0.6 is 23.4 Å². The van der Waals surface area contributed by atoms with Crippen molar-refractivity contribution in [2.24, 2.45) is 0 Å². The molecule has 22 heavy (non-hydrogen) atoms. The Morgan fingerprint density at radius 3 is 2.59 bits per heavy atom. The van der Waals surface area contributed by atoms with Crippen LogP contribution in [0.15, 0.2) is 35.2 Å². The van der Waals surface area contributed by atoms with Gasteiger partial charge in [0.15, 0.2) is 0 Å². The second kappa shape index (κ2) is 7.89. The first-order chi connectivity index (χ1) is 9.82. The molecule has 5 nitrogen and oxygen atoms in total. The maximum Gasteiger partial charge on any atom is 0.446 e. The Hall–Kier alpha value is -1.18. The molecule has 0 aliphatic carbocycles. The number of benzene rings is 1. The maximum absolute atomic E-state index is 12.3. The van der Waals surface area contributed by atoms with Gasteiger partial charge >= 0.3 is 5.51 Å². The summed E-state index contributed by atoms with van der Waals surface area (Å²) in [5, 5.41) is 0.0752. The summed E-state index contributed by atoms with van der Waals surface area (Å²) >= 11 is 5.41. The van der Waals surface area contributed by atoms with E-state index in [0.717, 1.165) is 0 Å². The largest absolute Gasteiger partial charge is 0.456 e. The number of halogens is 4. The molecule has 1 aromatic heterocycles. The summed E-state index contributed by atoms with van der Waals surface area (Å²) < 4.78 is 36.8. The van der Waals surface area contributed by atoms with Gasteiger partial charge in [0.05, 0.1) is 0 Å². The zero-order valence-corrected chi connectivity index (χ0v) is 15.0. The van der Waals surface area contributed by atoms with Crippen LogP contribution in [0.1, 0.15) is 0 Å². The van der Waals surface area contributed by atoms with Crippen molar-refractivity contribution in [1.29, 1.82) is 0 Å². The third-order valence-electron chi connectivity index (χ3n) is 1.98. The summed E-state index contributed by atoms with van der Waals surface area (Å²) in [5.74, 6) is 0.0881. The molecular formula is C11H7ClF3N4OSW-. The van der Waals surface area contributed by atoms with E-state index in [1.165, 1.54) is 30.3 Å². The molecule has 1 aromatic carbocycles. The summed E-state index contributed by atoms with van der Waals surface area (Å²) in [5.41, 5.74) is 4.63. The van der Waals surface area contributed by atoms with E-state index in [2.05, 4.69) is 15.4 Å². The molecule has 0 unspecified atom stereocenters. The molecule has 2 aromatic rings. The van der Waals surface area contributed by atoms with Gasteiger partial charge in [-0.3, -0.25) is 5.48 Å². The molecule has 2 N–H and O–H groups in total. The number of alkyl halides is 3. The van der Waals surface area contributed by atoms with Crippen molar-refractivity contribution in [2.75, 3.05) is 5.73 Å². The van der Waals surface area contributed by atoms with Crippen LogP contribution in [0, 0.1) is 0 Å². The molecule has 0 spiro atoms. The third kappa shape index (κ3) is 6.29. The number of thioether (sulfide) groups is 1. The van der Waals surface area contributed by atoms with Gasteiger partial charge in [-0.05, 0) is 41.8 Å². The summed E-state index contributed by atoms with van der Waals surface area (Å²) in [6.45, 7) is 0. The molecule has 0 fully saturated rings. The van der Waals surface area contributed by atoms with Crippen LogP contribution in [0.5, 0.6) is 5.75 Å². The van der Waals surface area contributed by atoms with Crippen molar-refractivity contribution in [2.45, 2.75) is 10.4 Å². The Balaban J connectivity index is 0.00000242. The zero-order chi connectivity index (χ0) is 15.5. The summed E-state index contributed by atoms with van der Waals surface area (Å²) in [6.07, 6.45) is 0. The molecule has 1 heterocycles. The Morgan fingerprint density at radius 1 is 1.23 bits per heavy atom. The number of nitrogens with two attached hydrogens (primary N) is 1. The van der Waals surface area contributed by atoms with E-state index in [-0.39, 0.29) is 60.4 Å². The topological polar surface area (TPSA) is 75.1 Å². The zero-order valence-electron chi connectivity index (χ0n) is 10.5.